The summed E-state index contributed by atoms with van der Waals surface area (Å²) in [7, 11) is 1.64. The number of ether oxygens (including phenoxy) is 1. The van der Waals surface area contributed by atoms with Crippen LogP contribution in [0.3, 0.4) is 0 Å². The molecule has 6 heteroatoms. The summed E-state index contributed by atoms with van der Waals surface area (Å²) in [4.78, 5) is 4.35. The summed E-state index contributed by atoms with van der Waals surface area (Å²) in [6.07, 6.45) is 3.56. The number of rotatable bonds is 5. The van der Waals surface area contributed by atoms with E-state index in [1.165, 1.54) is 28.6 Å². The van der Waals surface area contributed by atoms with Gasteiger partial charge < -0.3 is 15.2 Å². The predicted molar refractivity (Wildman–Crippen MR) is 93.8 cm³/mol. The molecule has 1 aliphatic carbocycles. The number of nitrogens with one attached hydrogen (secondary N) is 1. The number of pyridine rings is 1. The Labute approximate surface area is 140 Å². The molecular weight excluding hydrogens is 316 g/mol. The predicted octanol–water partition coefficient (Wildman–Crippen LogP) is 2.34. The normalized spacial score (nSPS) is 27.7. The zero-order chi connectivity index (χ0) is 15.4. The Morgan fingerprint density at radius 1 is 1.27 bits per heavy atom. The number of hydrogen-bond acceptors (Lipinski definition) is 6. The summed E-state index contributed by atoms with van der Waals surface area (Å²) < 4.78 is 5.16. The molecule has 2 fully saturated rings. The lowest BCUT2D eigenvalue weighted by molar-refractivity contribution is 0.0227. The number of methoxy groups -OCH3 is 1. The number of hydrogen-bond donors (Lipinski definition) is 2. The van der Waals surface area contributed by atoms with Crippen molar-refractivity contribution in [2.24, 2.45) is 5.92 Å². The van der Waals surface area contributed by atoms with Crippen LogP contribution in [0.2, 0.25) is 0 Å². The van der Waals surface area contributed by atoms with Crippen LogP contribution >= 0.6 is 23.5 Å². The molecule has 2 aliphatic rings. The van der Waals surface area contributed by atoms with Crippen molar-refractivity contribution in [1.29, 1.82) is 0 Å². The highest BCUT2D eigenvalue weighted by atomic mass is 32.2. The molecule has 4 nitrogen and oxygen atoms in total. The molecule has 0 aromatic carbocycles. The zero-order valence-corrected chi connectivity index (χ0v) is 14.5. The first-order chi connectivity index (χ1) is 10.8. The maximum absolute atomic E-state index is 9.68. The summed E-state index contributed by atoms with van der Waals surface area (Å²) in [5.74, 6) is 5.99. The molecule has 1 saturated heterocycles. The largest absolute Gasteiger partial charge is 0.481 e. The smallest absolute Gasteiger partial charge is 0.212 e. The topological polar surface area (TPSA) is 54.4 Å². The number of thioether (sulfide) groups is 2. The van der Waals surface area contributed by atoms with Gasteiger partial charge in [-0.05, 0) is 24.3 Å². The number of nitrogens with zero attached hydrogens (tertiary/aromatic N) is 1. The van der Waals surface area contributed by atoms with Gasteiger partial charge in [-0.25, -0.2) is 4.98 Å². The van der Waals surface area contributed by atoms with Gasteiger partial charge in [-0.3, -0.25) is 0 Å². The molecule has 2 heterocycles. The molecule has 1 aromatic rings. The Hall–Kier alpha value is -0.430. The fourth-order valence-corrected chi connectivity index (χ4v) is 5.49. The summed E-state index contributed by atoms with van der Waals surface area (Å²) in [5, 5.41) is 13.5. The van der Waals surface area contributed by atoms with Crippen molar-refractivity contribution in [1.82, 2.24) is 10.3 Å². The first-order valence-electron chi connectivity index (χ1n) is 7.86. The maximum atomic E-state index is 9.68. The third-order valence-electron chi connectivity index (χ3n) is 4.37. The molecule has 0 unspecified atom stereocenters. The molecule has 0 bridgehead atoms. The monoisotopic (exact) mass is 340 g/mol. The highest BCUT2D eigenvalue weighted by molar-refractivity contribution is 8.03. The van der Waals surface area contributed by atoms with E-state index < -0.39 is 0 Å². The van der Waals surface area contributed by atoms with E-state index in [1.54, 1.807) is 7.11 Å². The Morgan fingerprint density at radius 2 is 2.00 bits per heavy atom. The number of aliphatic hydroxyl groups is 1. The van der Waals surface area contributed by atoms with Gasteiger partial charge in [0.2, 0.25) is 5.88 Å². The first-order valence-corrected chi connectivity index (χ1v) is 10.2. The Bertz CT molecular complexity index is 458. The van der Waals surface area contributed by atoms with E-state index >= 15 is 0 Å². The third-order valence-corrected chi connectivity index (χ3v) is 6.89. The zero-order valence-electron chi connectivity index (χ0n) is 12.9. The van der Waals surface area contributed by atoms with Crippen molar-refractivity contribution in [3.8, 4) is 5.88 Å². The minimum Gasteiger partial charge on any atom is -0.481 e. The molecule has 2 N–H and O–H groups in total. The average molecular weight is 341 g/mol. The third kappa shape index (κ3) is 4.10. The highest BCUT2D eigenvalue weighted by Gasteiger charge is 2.36. The number of aliphatic hydroxyl groups excluding tert-OH is 1. The van der Waals surface area contributed by atoms with Gasteiger partial charge in [0.15, 0.2) is 0 Å². The number of aromatic nitrogens is 1. The summed E-state index contributed by atoms with van der Waals surface area (Å²) in [5.41, 5.74) is 1.21. The molecule has 122 valence electrons. The minimum absolute atomic E-state index is 0.126. The molecule has 0 radical (unpaired) electrons. The Balaban J connectivity index is 1.71. The van der Waals surface area contributed by atoms with E-state index in [0.717, 1.165) is 12.8 Å². The van der Waals surface area contributed by atoms with Gasteiger partial charge in [0.25, 0.3) is 0 Å². The molecule has 22 heavy (non-hydrogen) atoms. The summed E-state index contributed by atoms with van der Waals surface area (Å²) in [6.45, 7) is 0. The minimum atomic E-state index is -0.126. The summed E-state index contributed by atoms with van der Waals surface area (Å²) >= 11 is 4.07. The second-order valence-corrected chi connectivity index (χ2v) is 8.31. The molecule has 1 saturated carbocycles. The fraction of sp³-hybridized carbons (Fsp3) is 0.688. The van der Waals surface area contributed by atoms with E-state index in [2.05, 4.69) is 16.4 Å². The SMILES string of the molecule is COc1ccc([C@H](NC2CSCCSC2)C2CC(O)C2)cn1. The molecule has 0 spiro atoms. The van der Waals surface area contributed by atoms with Crippen LogP contribution in [0, 0.1) is 5.92 Å². The van der Waals surface area contributed by atoms with Crippen LogP contribution in [0.25, 0.3) is 0 Å². The maximum Gasteiger partial charge on any atom is 0.212 e. The van der Waals surface area contributed by atoms with Crippen LogP contribution < -0.4 is 10.1 Å². The van der Waals surface area contributed by atoms with Gasteiger partial charge in [-0.1, -0.05) is 6.07 Å². The Kier molecular flexibility index (Phi) is 5.90. The van der Waals surface area contributed by atoms with Crippen molar-refractivity contribution in [3.05, 3.63) is 23.9 Å². The first kappa shape index (κ1) is 16.4. The molecule has 1 atom stereocenters. The highest BCUT2D eigenvalue weighted by Crippen LogP contribution is 2.38. The van der Waals surface area contributed by atoms with Crippen LogP contribution in [0.15, 0.2) is 18.3 Å². The van der Waals surface area contributed by atoms with Gasteiger partial charge in [-0.15, -0.1) is 0 Å². The second kappa shape index (κ2) is 7.90. The van der Waals surface area contributed by atoms with Gasteiger partial charge in [0.1, 0.15) is 0 Å². The summed E-state index contributed by atoms with van der Waals surface area (Å²) in [6, 6.07) is 4.84. The van der Waals surface area contributed by atoms with Gasteiger partial charge in [0.05, 0.1) is 13.2 Å². The lowest BCUT2D eigenvalue weighted by Gasteiger charge is -2.40. The van der Waals surface area contributed by atoms with E-state index in [1.807, 2.05) is 35.8 Å². The van der Waals surface area contributed by atoms with Crippen LogP contribution in [0.1, 0.15) is 24.4 Å². The lowest BCUT2D eigenvalue weighted by atomic mass is 9.75. The molecular formula is C16H24N2O2S2. The average Bonchev–Trinajstić information content (AvgIpc) is 2.79. The van der Waals surface area contributed by atoms with Gasteiger partial charge in [0, 0.05) is 47.4 Å². The van der Waals surface area contributed by atoms with Crippen LogP contribution in [-0.2, 0) is 0 Å². The van der Waals surface area contributed by atoms with E-state index in [0.29, 0.717) is 17.8 Å². The van der Waals surface area contributed by atoms with Crippen molar-refractivity contribution in [2.75, 3.05) is 30.1 Å². The van der Waals surface area contributed by atoms with Crippen LogP contribution in [0.5, 0.6) is 5.88 Å². The van der Waals surface area contributed by atoms with Crippen molar-refractivity contribution in [3.63, 3.8) is 0 Å². The second-order valence-electron chi connectivity index (χ2n) is 6.01. The van der Waals surface area contributed by atoms with Crippen molar-refractivity contribution in [2.45, 2.75) is 31.0 Å². The van der Waals surface area contributed by atoms with Gasteiger partial charge in [-0.2, -0.15) is 23.5 Å². The molecule has 0 amide bonds. The fourth-order valence-electron chi connectivity index (χ4n) is 3.07. The molecule has 3 rings (SSSR count). The van der Waals surface area contributed by atoms with Gasteiger partial charge >= 0.3 is 0 Å². The molecule has 1 aromatic heterocycles. The van der Waals surface area contributed by atoms with E-state index in [4.69, 9.17) is 4.74 Å². The van der Waals surface area contributed by atoms with E-state index in [-0.39, 0.29) is 12.1 Å². The van der Waals surface area contributed by atoms with Crippen LogP contribution in [-0.4, -0.2) is 52.4 Å². The lowest BCUT2D eigenvalue weighted by Crippen LogP contribution is -2.44. The molecule has 1 aliphatic heterocycles. The Morgan fingerprint density at radius 3 is 2.55 bits per heavy atom. The van der Waals surface area contributed by atoms with Crippen LogP contribution in [0.4, 0.5) is 0 Å². The van der Waals surface area contributed by atoms with E-state index in [9.17, 15) is 5.11 Å². The quantitative estimate of drug-likeness (QED) is 0.858. The van der Waals surface area contributed by atoms with Crippen molar-refractivity contribution < 1.29 is 9.84 Å². The van der Waals surface area contributed by atoms with Crippen molar-refractivity contribution >= 4 is 23.5 Å². The standard InChI is InChI=1S/C16H24N2O2S2/c1-20-15-3-2-11(8-17-15)16(12-6-14(19)7-12)18-13-9-21-4-5-22-10-13/h2-3,8,12-14,16,18-19H,4-7,9-10H2,1H3/t12?,14?,16-/m0/s1.